The number of rotatable bonds is 6. The highest BCUT2D eigenvalue weighted by Gasteiger charge is 2.31. The van der Waals surface area contributed by atoms with Crippen LogP contribution in [0.1, 0.15) is 6.42 Å². The molecular weight excluding hydrogens is 339 g/mol. The van der Waals surface area contributed by atoms with Crippen LogP contribution in [0.4, 0.5) is 10.1 Å². The van der Waals surface area contributed by atoms with Gasteiger partial charge in [-0.15, -0.1) is 0 Å². The van der Waals surface area contributed by atoms with Gasteiger partial charge in [0.2, 0.25) is 5.91 Å². The van der Waals surface area contributed by atoms with Gasteiger partial charge >= 0.3 is 0 Å². The zero-order valence-electron chi connectivity index (χ0n) is 14.3. The molecule has 1 aliphatic heterocycles. The van der Waals surface area contributed by atoms with E-state index in [0.29, 0.717) is 23.7 Å². The van der Waals surface area contributed by atoms with Crippen LogP contribution in [-0.2, 0) is 9.59 Å². The Bertz CT molecular complexity index is 794. The van der Waals surface area contributed by atoms with Gasteiger partial charge in [0, 0.05) is 18.7 Å². The Morgan fingerprint density at radius 3 is 2.65 bits per heavy atom. The van der Waals surface area contributed by atoms with E-state index in [1.807, 2.05) is 0 Å². The third kappa shape index (κ3) is 4.30. The van der Waals surface area contributed by atoms with Crippen LogP contribution in [0.15, 0.2) is 48.5 Å². The summed E-state index contributed by atoms with van der Waals surface area (Å²) < 4.78 is 23.8. The molecule has 1 heterocycles. The lowest BCUT2D eigenvalue weighted by molar-refractivity contribution is -0.123. The summed E-state index contributed by atoms with van der Waals surface area (Å²) in [7, 11) is 1.57. The number of ether oxygens (including phenoxy) is 2. The summed E-state index contributed by atoms with van der Waals surface area (Å²) in [6.45, 7) is 0.146. The van der Waals surface area contributed by atoms with Crippen LogP contribution < -0.4 is 19.7 Å². The summed E-state index contributed by atoms with van der Waals surface area (Å²) in [6, 6.07) is 12.4. The second-order valence-electron chi connectivity index (χ2n) is 5.92. The Balaban J connectivity index is 1.51. The maximum absolute atomic E-state index is 13.3. The van der Waals surface area contributed by atoms with E-state index in [1.54, 1.807) is 43.5 Å². The van der Waals surface area contributed by atoms with Gasteiger partial charge in [-0.25, -0.2) is 4.39 Å². The molecule has 1 aliphatic rings. The predicted molar refractivity (Wildman–Crippen MR) is 93.8 cm³/mol. The number of nitrogens with one attached hydrogen (secondary N) is 1. The SMILES string of the molecule is COc1ccc(OCC(=O)NC2CC(=O)N(c3cccc(F)c3)C2)cc1. The van der Waals surface area contributed by atoms with E-state index in [9.17, 15) is 14.0 Å². The fraction of sp³-hybridized carbons (Fsp3) is 0.263. The van der Waals surface area contributed by atoms with Gasteiger partial charge in [0.25, 0.3) is 5.91 Å². The Kier molecular flexibility index (Phi) is 5.36. The van der Waals surface area contributed by atoms with Crippen molar-refractivity contribution in [2.24, 2.45) is 0 Å². The molecule has 2 aromatic carbocycles. The Hall–Kier alpha value is -3.09. The van der Waals surface area contributed by atoms with E-state index >= 15 is 0 Å². The average Bonchev–Trinajstić information content (AvgIpc) is 3.00. The molecule has 1 unspecified atom stereocenters. The number of benzene rings is 2. The minimum absolute atomic E-state index is 0.156. The number of halogens is 1. The zero-order valence-corrected chi connectivity index (χ0v) is 14.3. The van der Waals surface area contributed by atoms with Crippen LogP contribution >= 0.6 is 0 Å². The third-order valence-corrected chi connectivity index (χ3v) is 4.04. The summed E-state index contributed by atoms with van der Waals surface area (Å²) in [5.41, 5.74) is 0.487. The molecule has 0 aliphatic carbocycles. The first kappa shape index (κ1) is 17.7. The van der Waals surface area contributed by atoms with Crippen molar-refractivity contribution >= 4 is 17.5 Å². The monoisotopic (exact) mass is 358 g/mol. The average molecular weight is 358 g/mol. The lowest BCUT2D eigenvalue weighted by Crippen LogP contribution is -2.39. The molecule has 2 amide bonds. The summed E-state index contributed by atoms with van der Waals surface area (Å²) in [6.07, 6.45) is 0.171. The number of carbonyl (C=O) groups is 2. The summed E-state index contributed by atoms with van der Waals surface area (Å²) >= 11 is 0. The molecule has 0 saturated carbocycles. The highest BCUT2D eigenvalue weighted by atomic mass is 19.1. The lowest BCUT2D eigenvalue weighted by atomic mass is 10.2. The molecule has 6 nitrogen and oxygen atoms in total. The van der Waals surface area contributed by atoms with E-state index in [1.165, 1.54) is 17.0 Å². The molecule has 1 N–H and O–H groups in total. The number of carbonyl (C=O) groups excluding carboxylic acids is 2. The first-order chi connectivity index (χ1) is 12.5. The minimum atomic E-state index is -0.407. The number of hydrogen-bond donors (Lipinski definition) is 1. The van der Waals surface area contributed by atoms with E-state index < -0.39 is 5.82 Å². The second-order valence-corrected chi connectivity index (χ2v) is 5.92. The van der Waals surface area contributed by atoms with Crippen molar-refractivity contribution in [1.82, 2.24) is 5.32 Å². The fourth-order valence-corrected chi connectivity index (χ4v) is 2.79. The molecule has 1 fully saturated rings. The topological polar surface area (TPSA) is 67.9 Å². The van der Waals surface area contributed by atoms with Gasteiger partial charge in [0.1, 0.15) is 17.3 Å². The van der Waals surface area contributed by atoms with Gasteiger partial charge in [0.15, 0.2) is 6.61 Å². The molecule has 26 heavy (non-hydrogen) atoms. The van der Waals surface area contributed by atoms with Crippen LogP contribution in [0, 0.1) is 5.82 Å². The van der Waals surface area contributed by atoms with Crippen LogP contribution in [0.2, 0.25) is 0 Å². The number of hydrogen-bond acceptors (Lipinski definition) is 4. The molecule has 3 rings (SSSR count). The molecule has 1 atom stereocenters. The lowest BCUT2D eigenvalue weighted by Gasteiger charge is -2.17. The maximum Gasteiger partial charge on any atom is 0.258 e. The number of anilines is 1. The molecular formula is C19H19FN2O4. The van der Waals surface area contributed by atoms with Crippen molar-refractivity contribution in [3.05, 3.63) is 54.3 Å². The van der Waals surface area contributed by atoms with Gasteiger partial charge < -0.3 is 19.7 Å². The standard InChI is InChI=1S/C19H19FN2O4/c1-25-16-5-7-17(8-6-16)26-12-18(23)21-14-10-19(24)22(11-14)15-4-2-3-13(20)9-15/h2-9,14H,10-12H2,1H3,(H,21,23). The van der Waals surface area contributed by atoms with Gasteiger partial charge in [-0.05, 0) is 42.5 Å². The van der Waals surface area contributed by atoms with E-state index in [2.05, 4.69) is 5.32 Å². The number of methoxy groups -OCH3 is 1. The zero-order chi connectivity index (χ0) is 18.5. The highest BCUT2D eigenvalue weighted by molar-refractivity contribution is 5.96. The largest absolute Gasteiger partial charge is 0.497 e. The smallest absolute Gasteiger partial charge is 0.258 e. The molecule has 0 aromatic heterocycles. The van der Waals surface area contributed by atoms with Crippen molar-refractivity contribution in [3.8, 4) is 11.5 Å². The molecule has 0 radical (unpaired) electrons. The van der Waals surface area contributed by atoms with E-state index in [-0.39, 0.29) is 30.9 Å². The third-order valence-electron chi connectivity index (χ3n) is 4.04. The molecule has 0 bridgehead atoms. The van der Waals surface area contributed by atoms with Crippen molar-refractivity contribution in [3.63, 3.8) is 0 Å². The van der Waals surface area contributed by atoms with Crippen LogP contribution in [0.5, 0.6) is 11.5 Å². The highest BCUT2D eigenvalue weighted by Crippen LogP contribution is 2.22. The van der Waals surface area contributed by atoms with Crippen LogP contribution in [0.3, 0.4) is 0 Å². The molecule has 1 saturated heterocycles. The van der Waals surface area contributed by atoms with Crippen LogP contribution in [0.25, 0.3) is 0 Å². The minimum Gasteiger partial charge on any atom is -0.497 e. The summed E-state index contributed by atoms with van der Waals surface area (Å²) in [4.78, 5) is 25.6. The number of nitrogens with zero attached hydrogens (tertiary/aromatic N) is 1. The van der Waals surface area contributed by atoms with Gasteiger partial charge in [-0.1, -0.05) is 6.07 Å². The molecule has 136 valence electrons. The molecule has 0 spiro atoms. The predicted octanol–water partition coefficient (Wildman–Crippen LogP) is 2.13. The van der Waals surface area contributed by atoms with Gasteiger partial charge in [-0.3, -0.25) is 9.59 Å². The first-order valence-corrected chi connectivity index (χ1v) is 8.17. The molecule has 7 heteroatoms. The second kappa shape index (κ2) is 7.86. The maximum atomic E-state index is 13.3. The number of amides is 2. The Labute approximate surface area is 150 Å². The quantitative estimate of drug-likeness (QED) is 0.859. The van der Waals surface area contributed by atoms with Crippen LogP contribution in [-0.4, -0.2) is 38.1 Å². The van der Waals surface area contributed by atoms with E-state index in [0.717, 1.165) is 0 Å². The van der Waals surface area contributed by atoms with Crippen molar-refractivity contribution < 1.29 is 23.5 Å². The van der Waals surface area contributed by atoms with Crippen molar-refractivity contribution in [2.75, 3.05) is 25.2 Å². The summed E-state index contributed by atoms with van der Waals surface area (Å²) in [5.74, 6) is 0.362. The summed E-state index contributed by atoms with van der Waals surface area (Å²) in [5, 5.41) is 2.77. The van der Waals surface area contributed by atoms with Gasteiger partial charge in [0.05, 0.1) is 13.2 Å². The Morgan fingerprint density at radius 1 is 1.23 bits per heavy atom. The van der Waals surface area contributed by atoms with Crippen molar-refractivity contribution in [2.45, 2.75) is 12.5 Å². The fourth-order valence-electron chi connectivity index (χ4n) is 2.79. The Morgan fingerprint density at radius 2 is 1.96 bits per heavy atom. The normalized spacial score (nSPS) is 16.5. The first-order valence-electron chi connectivity index (χ1n) is 8.17. The van der Waals surface area contributed by atoms with Crippen molar-refractivity contribution in [1.29, 1.82) is 0 Å². The van der Waals surface area contributed by atoms with Gasteiger partial charge in [-0.2, -0.15) is 0 Å². The van der Waals surface area contributed by atoms with E-state index in [4.69, 9.17) is 9.47 Å². The molecule has 2 aromatic rings.